The number of nitrogens with zero attached hydrogens (tertiary/aromatic N) is 1. The molecule has 1 unspecified atom stereocenters. The van der Waals surface area contributed by atoms with Gasteiger partial charge in [-0.05, 0) is 45.2 Å². The number of nitrogens with one attached hydrogen (secondary N) is 2. The van der Waals surface area contributed by atoms with Crippen molar-refractivity contribution in [1.82, 2.24) is 10.3 Å². The van der Waals surface area contributed by atoms with Crippen LogP contribution in [-0.4, -0.2) is 35.7 Å². The van der Waals surface area contributed by atoms with E-state index >= 15 is 0 Å². The highest BCUT2D eigenvalue weighted by molar-refractivity contribution is 5.95. The number of anilines is 1. The van der Waals surface area contributed by atoms with Crippen LogP contribution in [0.2, 0.25) is 0 Å². The topological polar surface area (TPSA) is 63.2 Å². The Morgan fingerprint density at radius 3 is 3.05 bits per heavy atom. The molecule has 0 radical (unpaired) electrons. The molecule has 5 nitrogen and oxygen atoms in total. The predicted molar refractivity (Wildman–Crippen MR) is 83.5 cm³/mol. The zero-order valence-electron chi connectivity index (χ0n) is 13.1. The molecule has 1 aliphatic rings. The Kier molecular flexibility index (Phi) is 5.17. The van der Waals surface area contributed by atoms with Crippen LogP contribution in [0.1, 0.15) is 50.4 Å². The molecule has 116 valence electrons. The number of carbonyl (C=O) groups is 1. The highest BCUT2D eigenvalue weighted by atomic mass is 16.5. The van der Waals surface area contributed by atoms with Crippen molar-refractivity contribution in [3.63, 3.8) is 0 Å². The second kappa shape index (κ2) is 6.89. The molecule has 0 aromatic carbocycles. The lowest BCUT2D eigenvalue weighted by Gasteiger charge is -2.35. The number of ether oxygens (including phenoxy) is 1. The fraction of sp³-hybridized carbons (Fsp3) is 0.625. The minimum absolute atomic E-state index is 0.0420. The van der Waals surface area contributed by atoms with E-state index in [1.54, 1.807) is 18.3 Å². The molecule has 0 bridgehead atoms. The molecule has 1 atom stereocenters. The summed E-state index contributed by atoms with van der Waals surface area (Å²) in [6.45, 7) is 7.76. The van der Waals surface area contributed by atoms with Crippen LogP contribution in [0.4, 0.5) is 5.82 Å². The van der Waals surface area contributed by atoms with E-state index in [2.05, 4.69) is 36.4 Å². The van der Waals surface area contributed by atoms with Crippen molar-refractivity contribution in [1.29, 1.82) is 0 Å². The van der Waals surface area contributed by atoms with E-state index in [9.17, 15) is 4.79 Å². The van der Waals surface area contributed by atoms with Gasteiger partial charge in [-0.25, -0.2) is 4.98 Å². The van der Waals surface area contributed by atoms with Gasteiger partial charge in [0.25, 0.3) is 5.91 Å². The molecule has 1 amide bonds. The van der Waals surface area contributed by atoms with Gasteiger partial charge in [0.2, 0.25) is 0 Å². The summed E-state index contributed by atoms with van der Waals surface area (Å²) in [4.78, 5) is 16.6. The number of hydrogen-bond donors (Lipinski definition) is 2. The molecule has 0 aliphatic carbocycles. The summed E-state index contributed by atoms with van der Waals surface area (Å²) in [6, 6.07) is 3.72. The Labute approximate surface area is 126 Å². The molecule has 0 saturated carbocycles. The molecule has 2 rings (SSSR count). The van der Waals surface area contributed by atoms with Crippen molar-refractivity contribution in [2.24, 2.45) is 0 Å². The Bertz CT molecular complexity index is 488. The Hall–Kier alpha value is -1.62. The lowest BCUT2D eigenvalue weighted by molar-refractivity contribution is -0.0615. The zero-order valence-corrected chi connectivity index (χ0v) is 13.1. The van der Waals surface area contributed by atoms with Crippen molar-refractivity contribution in [3.05, 3.63) is 23.9 Å². The highest BCUT2D eigenvalue weighted by Gasteiger charge is 2.29. The number of aromatic nitrogens is 1. The first-order valence-electron chi connectivity index (χ1n) is 7.65. The Morgan fingerprint density at radius 1 is 1.52 bits per heavy atom. The standard InChI is InChI=1S/C16H25N3O2/c1-4-7-17-14-10-12(5-8-18-14)15(20)19-13-6-9-21-16(2,3)11-13/h5,8,10,13H,4,6-7,9,11H2,1-3H3,(H,17,18)(H,19,20). The molecule has 1 aromatic heterocycles. The van der Waals surface area contributed by atoms with E-state index in [0.717, 1.165) is 31.6 Å². The lowest BCUT2D eigenvalue weighted by atomic mass is 9.94. The van der Waals surface area contributed by atoms with Crippen LogP contribution in [0.25, 0.3) is 0 Å². The smallest absolute Gasteiger partial charge is 0.251 e. The van der Waals surface area contributed by atoms with E-state index in [0.29, 0.717) is 12.2 Å². The maximum absolute atomic E-state index is 12.3. The summed E-state index contributed by atoms with van der Waals surface area (Å²) in [5.74, 6) is 0.705. The minimum Gasteiger partial charge on any atom is -0.375 e. The maximum atomic E-state index is 12.3. The van der Waals surface area contributed by atoms with Gasteiger partial charge < -0.3 is 15.4 Å². The van der Waals surface area contributed by atoms with Crippen LogP contribution in [0.5, 0.6) is 0 Å². The molecular weight excluding hydrogens is 266 g/mol. The van der Waals surface area contributed by atoms with Crippen LogP contribution in [0, 0.1) is 0 Å². The van der Waals surface area contributed by atoms with Crippen LogP contribution < -0.4 is 10.6 Å². The van der Waals surface area contributed by atoms with Crippen molar-refractivity contribution < 1.29 is 9.53 Å². The van der Waals surface area contributed by atoms with Crippen LogP contribution >= 0.6 is 0 Å². The van der Waals surface area contributed by atoms with Gasteiger partial charge in [-0.2, -0.15) is 0 Å². The summed E-state index contributed by atoms with van der Waals surface area (Å²) in [5.41, 5.74) is 0.482. The predicted octanol–water partition coefficient (Wildman–Crippen LogP) is 2.59. The number of pyridine rings is 1. The second-order valence-corrected chi connectivity index (χ2v) is 6.13. The van der Waals surface area contributed by atoms with Gasteiger partial charge in [-0.3, -0.25) is 4.79 Å². The average Bonchev–Trinajstić information content (AvgIpc) is 2.44. The van der Waals surface area contributed by atoms with Crippen molar-refractivity contribution >= 4 is 11.7 Å². The Morgan fingerprint density at radius 2 is 2.33 bits per heavy atom. The largest absolute Gasteiger partial charge is 0.375 e. The molecule has 1 aromatic rings. The summed E-state index contributed by atoms with van der Waals surface area (Å²) >= 11 is 0. The maximum Gasteiger partial charge on any atom is 0.251 e. The quantitative estimate of drug-likeness (QED) is 0.875. The van der Waals surface area contributed by atoms with Gasteiger partial charge in [-0.15, -0.1) is 0 Å². The molecule has 1 aliphatic heterocycles. The van der Waals surface area contributed by atoms with Gasteiger partial charge >= 0.3 is 0 Å². The zero-order chi connectivity index (χ0) is 15.3. The average molecular weight is 291 g/mol. The SMILES string of the molecule is CCCNc1cc(C(=O)NC2CCOC(C)(C)C2)ccn1. The van der Waals surface area contributed by atoms with E-state index in [1.165, 1.54) is 0 Å². The molecule has 2 N–H and O–H groups in total. The van der Waals surface area contributed by atoms with Gasteiger partial charge in [0.05, 0.1) is 5.60 Å². The summed E-state index contributed by atoms with van der Waals surface area (Å²) in [5, 5.41) is 6.29. The third kappa shape index (κ3) is 4.70. The molecule has 1 saturated heterocycles. The molecular formula is C16H25N3O2. The highest BCUT2D eigenvalue weighted by Crippen LogP contribution is 2.24. The molecule has 1 fully saturated rings. The van der Waals surface area contributed by atoms with Crippen molar-refractivity contribution in [2.75, 3.05) is 18.5 Å². The first kappa shape index (κ1) is 15.8. The number of hydrogen-bond acceptors (Lipinski definition) is 4. The summed E-state index contributed by atoms with van der Waals surface area (Å²) in [6.07, 6.45) is 4.39. The number of rotatable bonds is 5. The van der Waals surface area contributed by atoms with Crippen LogP contribution in [0.3, 0.4) is 0 Å². The lowest BCUT2D eigenvalue weighted by Crippen LogP contribution is -2.45. The number of carbonyl (C=O) groups excluding carboxylic acids is 1. The van der Waals surface area contributed by atoms with Gasteiger partial charge in [0.1, 0.15) is 5.82 Å². The second-order valence-electron chi connectivity index (χ2n) is 6.13. The van der Waals surface area contributed by atoms with E-state index in [4.69, 9.17) is 4.74 Å². The van der Waals surface area contributed by atoms with Gasteiger partial charge in [0.15, 0.2) is 0 Å². The van der Waals surface area contributed by atoms with Gasteiger partial charge in [-0.1, -0.05) is 6.92 Å². The normalized spacial score (nSPS) is 20.8. The van der Waals surface area contributed by atoms with E-state index in [1.807, 2.05) is 0 Å². The van der Waals surface area contributed by atoms with E-state index in [-0.39, 0.29) is 17.6 Å². The summed E-state index contributed by atoms with van der Waals surface area (Å²) in [7, 11) is 0. The third-order valence-electron chi connectivity index (χ3n) is 3.61. The van der Waals surface area contributed by atoms with Crippen molar-refractivity contribution in [2.45, 2.75) is 51.7 Å². The Balaban J connectivity index is 1.96. The molecule has 21 heavy (non-hydrogen) atoms. The first-order valence-corrected chi connectivity index (χ1v) is 7.65. The number of amides is 1. The monoisotopic (exact) mass is 291 g/mol. The molecule has 0 spiro atoms. The fourth-order valence-corrected chi connectivity index (χ4v) is 2.55. The minimum atomic E-state index is -0.164. The van der Waals surface area contributed by atoms with Gasteiger partial charge in [0, 0.05) is 31.0 Å². The van der Waals surface area contributed by atoms with E-state index < -0.39 is 0 Å². The molecule has 5 heteroatoms. The van der Waals surface area contributed by atoms with Crippen LogP contribution in [-0.2, 0) is 4.74 Å². The summed E-state index contributed by atoms with van der Waals surface area (Å²) < 4.78 is 5.67. The third-order valence-corrected chi connectivity index (χ3v) is 3.61. The first-order chi connectivity index (χ1) is 10.00. The molecule has 2 heterocycles. The van der Waals surface area contributed by atoms with Crippen LogP contribution in [0.15, 0.2) is 18.3 Å². The van der Waals surface area contributed by atoms with Crippen molar-refractivity contribution in [3.8, 4) is 0 Å². The fourth-order valence-electron chi connectivity index (χ4n) is 2.55.